The number of nitrogens with one attached hydrogen (secondary N) is 1. The van der Waals surface area contributed by atoms with E-state index in [-0.39, 0.29) is 23.4 Å². The molecule has 3 aromatic rings. The molecule has 0 radical (unpaired) electrons. The fourth-order valence-corrected chi connectivity index (χ4v) is 6.53. The first-order valence-corrected chi connectivity index (χ1v) is 15.5. The summed E-state index contributed by atoms with van der Waals surface area (Å²) >= 11 is 6.44. The fraction of sp³-hybridized carbons (Fsp3) is 0.355. The van der Waals surface area contributed by atoms with Gasteiger partial charge < -0.3 is 10.2 Å². The molecule has 40 heavy (non-hydrogen) atoms. The van der Waals surface area contributed by atoms with E-state index in [1.165, 1.54) is 17.0 Å². The predicted molar refractivity (Wildman–Crippen MR) is 159 cm³/mol. The standard InChI is InChI=1S/C31H36ClN3O4S/c1-23-17-19-28(20-18-23)40(38,39)35(27-14-7-4-8-15-27)22-30(36)34(21-25-11-9-10-16-29(25)32)24(2)31(37)33-26-12-5-3-6-13-26/h4,7-11,14-20,24,26H,3,5-6,12-13,21-22H2,1-2H3,(H,33,37)/t24-/m1/s1. The number of anilines is 1. The van der Waals surface area contributed by atoms with E-state index in [9.17, 15) is 18.0 Å². The number of amides is 2. The molecule has 0 aromatic heterocycles. The predicted octanol–water partition coefficient (Wildman–Crippen LogP) is 5.71. The minimum absolute atomic E-state index is 0.0605. The number of hydrogen-bond donors (Lipinski definition) is 1. The van der Waals surface area contributed by atoms with Gasteiger partial charge in [0, 0.05) is 17.6 Å². The van der Waals surface area contributed by atoms with Crippen LogP contribution in [0.5, 0.6) is 0 Å². The molecule has 1 fully saturated rings. The van der Waals surface area contributed by atoms with Crippen molar-refractivity contribution >= 4 is 39.1 Å². The molecule has 2 amide bonds. The van der Waals surface area contributed by atoms with Crippen LogP contribution in [0.4, 0.5) is 5.69 Å². The highest BCUT2D eigenvalue weighted by Gasteiger charge is 2.33. The van der Waals surface area contributed by atoms with Gasteiger partial charge in [-0.3, -0.25) is 13.9 Å². The van der Waals surface area contributed by atoms with Crippen molar-refractivity contribution in [3.8, 4) is 0 Å². The molecule has 0 heterocycles. The summed E-state index contributed by atoms with van der Waals surface area (Å²) in [6, 6.07) is 21.4. The van der Waals surface area contributed by atoms with E-state index in [0.717, 1.165) is 42.0 Å². The first-order chi connectivity index (χ1) is 19.2. The molecule has 7 nitrogen and oxygen atoms in total. The minimum atomic E-state index is -4.09. The second kappa shape index (κ2) is 13.3. The lowest BCUT2D eigenvalue weighted by Gasteiger charge is -2.33. The normalized spacial score (nSPS) is 14.8. The van der Waals surface area contributed by atoms with Crippen LogP contribution in [0.15, 0.2) is 83.8 Å². The van der Waals surface area contributed by atoms with Gasteiger partial charge in [-0.2, -0.15) is 0 Å². The van der Waals surface area contributed by atoms with Gasteiger partial charge in [0.2, 0.25) is 11.8 Å². The number of sulfonamides is 1. The number of aryl methyl sites for hydroxylation is 1. The van der Waals surface area contributed by atoms with Gasteiger partial charge >= 0.3 is 0 Å². The molecule has 0 aliphatic heterocycles. The molecule has 212 valence electrons. The Morgan fingerprint density at radius 2 is 1.55 bits per heavy atom. The van der Waals surface area contributed by atoms with Gasteiger partial charge in [0.25, 0.3) is 10.0 Å². The van der Waals surface area contributed by atoms with Crippen LogP contribution < -0.4 is 9.62 Å². The van der Waals surface area contributed by atoms with E-state index >= 15 is 0 Å². The minimum Gasteiger partial charge on any atom is -0.352 e. The Labute approximate surface area is 242 Å². The number of carbonyl (C=O) groups excluding carboxylic acids is 2. The topological polar surface area (TPSA) is 86.8 Å². The van der Waals surface area contributed by atoms with Crippen LogP contribution in [0.25, 0.3) is 0 Å². The number of nitrogens with zero attached hydrogens (tertiary/aromatic N) is 2. The number of rotatable bonds is 10. The van der Waals surface area contributed by atoms with Crippen LogP contribution >= 0.6 is 11.6 Å². The Balaban J connectivity index is 1.66. The first kappa shape index (κ1) is 29.6. The molecule has 0 spiro atoms. The van der Waals surface area contributed by atoms with Crippen molar-refractivity contribution in [1.29, 1.82) is 0 Å². The maximum absolute atomic E-state index is 14.0. The average Bonchev–Trinajstić information content (AvgIpc) is 2.96. The summed E-state index contributed by atoms with van der Waals surface area (Å²) in [5.74, 6) is -0.772. The third-order valence-corrected chi connectivity index (χ3v) is 9.51. The molecule has 1 aliphatic carbocycles. The van der Waals surface area contributed by atoms with Gasteiger partial charge in [-0.05, 0) is 62.6 Å². The molecule has 3 aromatic carbocycles. The fourth-order valence-electron chi connectivity index (χ4n) is 4.92. The highest BCUT2D eigenvalue weighted by atomic mass is 35.5. The quantitative estimate of drug-likeness (QED) is 0.332. The van der Waals surface area contributed by atoms with Crippen molar-refractivity contribution in [1.82, 2.24) is 10.2 Å². The summed E-state index contributed by atoms with van der Waals surface area (Å²) in [6.45, 7) is 3.13. The molecule has 0 saturated heterocycles. The summed E-state index contributed by atoms with van der Waals surface area (Å²) in [4.78, 5) is 28.9. The van der Waals surface area contributed by atoms with Crippen molar-refractivity contribution in [3.63, 3.8) is 0 Å². The Hall–Kier alpha value is -3.36. The van der Waals surface area contributed by atoms with Crippen LogP contribution in [0.2, 0.25) is 5.02 Å². The summed E-state index contributed by atoms with van der Waals surface area (Å²) in [5.41, 5.74) is 1.95. The van der Waals surface area contributed by atoms with Crippen molar-refractivity contribution in [2.24, 2.45) is 0 Å². The lowest BCUT2D eigenvalue weighted by Crippen LogP contribution is -2.53. The zero-order valence-corrected chi connectivity index (χ0v) is 24.5. The lowest BCUT2D eigenvalue weighted by atomic mass is 9.95. The van der Waals surface area contributed by atoms with Crippen LogP contribution in [-0.2, 0) is 26.2 Å². The van der Waals surface area contributed by atoms with E-state index in [2.05, 4.69) is 5.32 Å². The third kappa shape index (κ3) is 7.23. The van der Waals surface area contributed by atoms with Crippen molar-refractivity contribution in [3.05, 3.63) is 95.0 Å². The lowest BCUT2D eigenvalue weighted by molar-refractivity contribution is -0.139. The van der Waals surface area contributed by atoms with Crippen molar-refractivity contribution < 1.29 is 18.0 Å². The molecule has 4 rings (SSSR count). The van der Waals surface area contributed by atoms with Gasteiger partial charge in [0.05, 0.1) is 10.6 Å². The Morgan fingerprint density at radius 3 is 2.20 bits per heavy atom. The van der Waals surface area contributed by atoms with Crippen LogP contribution in [0.1, 0.15) is 50.2 Å². The Kier molecular flexibility index (Phi) is 9.87. The summed E-state index contributed by atoms with van der Waals surface area (Å²) < 4.78 is 28.8. The largest absolute Gasteiger partial charge is 0.352 e. The maximum Gasteiger partial charge on any atom is 0.264 e. The van der Waals surface area contributed by atoms with Gasteiger partial charge in [0.1, 0.15) is 12.6 Å². The molecular weight excluding hydrogens is 546 g/mol. The molecule has 1 saturated carbocycles. The van der Waals surface area contributed by atoms with Crippen LogP contribution in [-0.4, -0.2) is 43.8 Å². The van der Waals surface area contributed by atoms with Gasteiger partial charge in [0.15, 0.2) is 0 Å². The number of para-hydroxylation sites is 1. The summed E-state index contributed by atoms with van der Waals surface area (Å²) in [7, 11) is -4.09. The van der Waals surface area contributed by atoms with E-state index in [1.54, 1.807) is 67.6 Å². The SMILES string of the molecule is Cc1ccc(S(=O)(=O)N(CC(=O)N(Cc2ccccc2Cl)[C@H](C)C(=O)NC2CCCCC2)c2ccccc2)cc1. The molecular formula is C31H36ClN3O4S. The molecule has 1 N–H and O–H groups in total. The van der Waals surface area contributed by atoms with E-state index in [4.69, 9.17) is 11.6 Å². The smallest absolute Gasteiger partial charge is 0.264 e. The monoisotopic (exact) mass is 581 g/mol. The summed E-state index contributed by atoms with van der Waals surface area (Å²) in [6.07, 6.45) is 5.10. The molecule has 0 unspecified atom stereocenters. The molecule has 9 heteroatoms. The molecule has 0 bridgehead atoms. The van der Waals surface area contributed by atoms with Gasteiger partial charge in [-0.15, -0.1) is 0 Å². The van der Waals surface area contributed by atoms with Gasteiger partial charge in [-0.25, -0.2) is 8.42 Å². The third-order valence-electron chi connectivity index (χ3n) is 7.35. The van der Waals surface area contributed by atoms with Gasteiger partial charge in [-0.1, -0.05) is 85.0 Å². The zero-order chi connectivity index (χ0) is 28.7. The van der Waals surface area contributed by atoms with E-state index in [1.807, 2.05) is 13.0 Å². The summed E-state index contributed by atoms with van der Waals surface area (Å²) in [5, 5.41) is 3.57. The van der Waals surface area contributed by atoms with Crippen LogP contribution in [0.3, 0.4) is 0 Å². The average molecular weight is 582 g/mol. The number of carbonyl (C=O) groups is 2. The number of halogens is 1. The Bertz CT molecular complexity index is 1410. The molecule has 1 atom stereocenters. The number of hydrogen-bond acceptors (Lipinski definition) is 4. The van der Waals surface area contributed by atoms with E-state index < -0.39 is 28.5 Å². The molecule has 1 aliphatic rings. The second-order valence-corrected chi connectivity index (χ2v) is 12.6. The maximum atomic E-state index is 14.0. The first-order valence-electron chi connectivity index (χ1n) is 13.6. The zero-order valence-electron chi connectivity index (χ0n) is 22.9. The van der Waals surface area contributed by atoms with Crippen molar-refractivity contribution in [2.45, 2.75) is 69.5 Å². The second-order valence-electron chi connectivity index (χ2n) is 10.3. The van der Waals surface area contributed by atoms with E-state index in [0.29, 0.717) is 16.3 Å². The highest BCUT2D eigenvalue weighted by Crippen LogP contribution is 2.26. The highest BCUT2D eigenvalue weighted by molar-refractivity contribution is 7.92. The number of benzene rings is 3. The Morgan fingerprint density at radius 1 is 0.925 bits per heavy atom. The van der Waals surface area contributed by atoms with Crippen LogP contribution in [0, 0.1) is 6.92 Å². The van der Waals surface area contributed by atoms with Crippen molar-refractivity contribution in [2.75, 3.05) is 10.8 Å².